The highest BCUT2D eigenvalue weighted by atomic mass is 32.2. The van der Waals surface area contributed by atoms with Gasteiger partial charge in [-0.1, -0.05) is 19.4 Å². The summed E-state index contributed by atoms with van der Waals surface area (Å²) in [6, 6.07) is 9.28. The highest BCUT2D eigenvalue weighted by Crippen LogP contribution is 2.18. The van der Waals surface area contributed by atoms with Gasteiger partial charge in [0.1, 0.15) is 0 Å². The van der Waals surface area contributed by atoms with Crippen molar-refractivity contribution in [2.45, 2.75) is 38.1 Å². The van der Waals surface area contributed by atoms with Crippen LogP contribution in [0.1, 0.15) is 32.3 Å². The molecular weight excluding hydrogens is 420 g/mol. The summed E-state index contributed by atoms with van der Waals surface area (Å²) >= 11 is 0. The zero-order valence-electron chi connectivity index (χ0n) is 17.9. The van der Waals surface area contributed by atoms with Gasteiger partial charge in [-0.05, 0) is 36.8 Å². The Labute approximate surface area is 182 Å². The van der Waals surface area contributed by atoms with Crippen LogP contribution in [0.5, 0.6) is 5.88 Å². The van der Waals surface area contributed by atoms with Crippen LogP contribution >= 0.6 is 0 Å². The largest absolute Gasteiger partial charge is 0.477 e. The Morgan fingerprint density at radius 3 is 2.52 bits per heavy atom. The first-order valence-electron chi connectivity index (χ1n) is 9.91. The number of nitrogens with one attached hydrogen (secondary N) is 2. The standard InChI is InChI=1S/C21H28N4O5S/c1-4-5-13-30-21-17(7-6-12-22-21)14-23-20(27)15-25(3)31(28,29)19-10-8-18(9-11-19)24-16(2)26/h6-12H,4-5,13-15H2,1-3H3,(H,23,27)(H,24,26). The van der Waals surface area contributed by atoms with Gasteiger partial charge in [-0.25, -0.2) is 13.4 Å². The summed E-state index contributed by atoms with van der Waals surface area (Å²) in [6.07, 6.45) is 3.51. The van der Waals surface area contributed by atoms with Crippen molar-refractivity contribution in [2.24, 2.45) is 0 Å². The fourth-order valence-corrected chi connectivity index (χ4v) is 3.76. The molecule has 0 aliphatic heterocycles. The molecule has 0 aliphatic carbocycles. The first-order valence-corrected chi connectivity index (χ1v) is 11.4. The summed E-state index contributed by atoms with van der Waals surface area (Å²) in [5.41, 5.74) is 1.20. The van der Waals surface area contributed by atoms with Crippen LogP contribution in [-0.4, -0.2) is 49.7 Å². The fraction of sp³-hybridized carbons (Fsp3) is 0.381. The predicted molar refractivity (Wildman–Crippen MR) is 117 cm³/mol. The van der Waals surface area contributed by atoms with E-state index < -0.39 is 15.9 Å². The summed E-state index contributed by atoms with van der Waals surface area (Å²) < 4.78 is 32.0. The molecule has 0 saturated heterocycles. The number of carbonyl (C=O) groups excluding carboxylic acids is 2. The molecular formula is C21H28N4O5S. The van der Waals surface area contributed by atoms with Crippen LogP contribution in [0.3, 0.4) is 0 Å². The van der Waals surface area contributed by atoms with E-state index in [2.05, 4.69) is 22.5 Å². The Balaban J connectivity index is 1.95. The van der Waals surface area contributed by atoms with E-state index in [-0.39, 0.29) is 23.9 Å². The topological polar surface area (TPSA) is 118 Å². The van der Waals surface area contributed by atoms with Crippen molar-refractivity contribution in [1.29, 1.82) is 0 Å². The van der Waals surface area contributed by atoms with Crippen LogP contribution in [0.25, 0.3) is 0 Å². The molecule has 2 N–H and O–H groups in total. The van der Waals surface area contributed by atoms with Gasteiger partial charge in [0.25, 0.3) is 0 Å². The second kappa shape index (κ2) is 11.4. The number of unbranched alkanes of at least 4 members (excludes halogenated alkanes) is 1. The third-order valence-corrected chi connectivity index (χ3v) is 6.13. The number of anilines is 1. The Kier molecular flexibility index (Phi) is 8.95. The SMILES string of the molecule is CCCCOc1ncccc1CNC(=O)CN(C)S(=O)(=O)c1ccc(NC(C)=O)cc1. The van der Waals surface area contributed by atoms with Gasteiger partial charge in [0, 0.05) is 38.0 Å². The molecule has 0 bridgehead atoms. The fourth-order valence-electron chi connectivity index (χ4n) is 2.63. The molecule has 10 heteroatoms. The monoisotopic (exact) mass is 448 g/mol. The number of rotatable bonds is 11. The van der Waals surface area contributed by atoms with Crippen LogP contribution in [0.2, 0.25) is 0 Å². The van der Waals surface area contributed by atoms with Gasteiger partial charge >= 0.3 is 0 Å². The third kappa shape index (κ3) is 7.34. The lowest BCUT2D eigenvalue weighted by Crippen LogP contribution is -2.38. The number of pyridine rings is 1. The lowest BCUT2D eigenvalue weighted by atomic mass is 10.2. The number of ether oxygens (including phenoxy) is 1. The molecule has 0 unspecified atom stereocenters. The van der Waals surface area contributed by atoms with Crippen LogP contribution in [0, 0.1) is 0 Å². The Morgan fingerprint density at radius 1 is 1.16 bits per heavy atom. The number of hydrogen-bond donors (Lipinski definition) is 2. The van der Waals surface area contributed by atoms with Crippen molar-refractivity contribution in [1.82, 2.24) is 14.6 Å². The first-order chi connectivity index (χ1) is 14.7. The lowest BCUT2D eigenvalue weighted by molar-refractivity contribution is -0.121. The molecule has 0 aliphatic rings. The molecule has 2 amide bonds. The summed E-state index contributed by atoms with van der Waals surface area (Å²) in [7, 11) is -2.53. The number of benzene rings is 1. The van der Waals surface area contributed by atoms with Crippen molar-refractivity contribution >= 4 is 27.5 Å². The van der Waals surface area contributed by atoms with Crippen LogP contribution < -0.4 is 15.4 Å². The molecule has 2 rings (SSSR count). The van der Waals surface area contributed by atoms with Crippen LogP contribution in [-0.2, 0) is 26.2 Å². The molecule has 0 radical (unpaired) electrons. The summed E-state index contributed by atoms with van der Waals surface area (Å²) in [6.45, 7) is 3.79. The molecule has 1 heterocycles. The third-order valence-electron chi connectivity index (χ3n) is 4.31. The molecule has 168 valence electrons. The van der Waals surface area contributed by atoms with E-state index in [1.54, 1.807) is 18.3 Å². The second-order valence-electron chi connectivity index (χ2n) is 6.91. The molecule has 0 fully saturated rings. The van der Waals surface area contributed by atoms with Gasteiger partial charge in [-0.15, -0.1) is 0 Å². The zero-order chi connectivity index (χ0) is 22.9. The number of carbonyl (C=O) groups is 2. The Morgan fingerprint density at radius 2 is 1.87 bits per heavy atom. The molecule has 31 heavy (non-hydrogen) atoms. The number of nitrogens with zero attached hydrogens (tertiary/aromatic N) is 2. The summed E-state index contributed by atoms with van der Waals surface area (Å²) in [5.74, 6) is -0.252. The average Bonchev–Trinajstić information content (AvgIpc) is 2.73. The highest BCUT2D eigenvalue weighted by molar-refractivity contribution is 7.89. The maximum Gasteiger partial charge on any atom is 0.243 e. The number of hydrogen-bond acceptors (Lipinski definition) is 6. The number of amides is 2. The van der Waals surface area contributed by atoms with Crippen molar-refractivity contribution < 1.29 is 22.7 Å². The van der Waals surface area contributed by atoms with Crippen molar-refractivity contribution in [3.8, 4) is 5.88 Å². The van der Waals surface area contributed by atoms with Crippen molar-refractivity contribution in [3.05, 3.63) is 48.2 Å². The Hall–Kier alpha value is -2.98. The molecule has 0 spiro atoms. The first kappa shape index (κ1) is 24.3. The molecule has 9 nitrogen and oxygen atoms in total. The minimum atomic E-state index is -3.86. The average molecular weight is 449 g/mol. The van der Waals surface area contributed by atoms with Gasteiger partial charge in [0.2, 0.25) is 27.7 Å². The van der Waals surface area contributed by atoms with Crippen LogP contribution in [0.15, 0.2) is 47.5 Å². The van der Waals surface area contributed by atoms with Gasteiger partial charge in [-0.3, -0.25) is 9.59 Å². The zero-order valence-corrected chi connectivity index (χ0v) is 18.7. The maximum atomic E-state index is 12.7. The smallest absolute Gasteiger partial charge is 0.243 e. The molecule has 0 saturated carbocycles. The maximum absolute atomic E-state index is 12.7. The van der Waals surface area contributed by atoms with E-state index in [1.807, 2.05) is 0 Å². The second-order valence-corrected chi connectivity index (χ2v) is 8.96. The van der Waals surface area contributed by atoms with Crippen LogP contribution in [0.4, 0.5) is 5.69 Å². The number of aromatic nitrogens is 1. The summed E-state index contributed by atoms with van der Waals surface area (Å²) in [4.78, 5) is 27.6. The lowest BCUT2D eigenvalue weighted by Gasteiger charge is -2.17. The predicted octanol–water partition coefficient (Wildman–Crippen LogP) is 2.16. The van der Waals surface area contributed by atoms with Gasteiger partial charge in [0.15, 0.2) is 0 Å². The van der Waals surface area contributed by atoms with E-state index in [4.69, 9.17) is 4.74 Å². The molecule has 1 aromatic carbocycles. The van der Waals surface area contributed by atoms with E-state index in [9.17, 15) is 18.0 Å². The Bertz CT molecular complexity index is 993. The highest BCUT2D eigenvalue weighted by Gasteiger charge is 2.23. The quantitative estimate of drug-likeness (QED) is 0.509. The van der Waals surface area contributed by atoms with Gasteiger partial charge in [-0.2, -0.15) is 4.31 Å². The van der Waals surface area contributed by atoms with E-state index >= 15 is 0 Å². The molecule has 1 aromatic heterocycles. The van der Waals surface area contributed by atoms with E-state index in [1.165, 1.54) is 38.2 Å². The van der Waals surface area contributed by atoms with Gasteiger partial charge in [0.05, 0.1) is 18.0 Å². The van der Waals surface area contributed by atoms with Gasteiger partial charge < -0.3 is 15.4 Å². The molecule has 2 aromatic rings. The van der Waals surface area contributed by atoms with Crippen molar-refractivity contribution in [2.75, 3.05) is 25.5 Å². The van der Waals surface area contributed by atoms with E-state index in [0.717, 1.165) is 17.1 Å². The summed E-state index contributed by atoms with van der Waals surface area (Å²) in [5, 5.41) is 5.27. The molecule has 0 atom stereocenters. The van der Waals surface area contributed by atoms with E-state index in [0.29, 0.717) is 23.7 Å². The van der Waals surface area contributed by atoms with Crippen molar-refractivity contribution in [3.63, 3.8) is 0 Å². The minimum Gasteiger partial charge on any atom is -0.477 e. The minimum absolute atomic E-state index is 0.0239. The normalized spacial score (nSPS) is 11.2. The number of likely N-dealkylation sites (N-methyl/N-ethyl adjacent to an activating group) is 1. The number of sulfonamides is 1.